The largest absolute Gasteiger partial charge is 0.497 e. The van der Waals surface area contributed by atoms with Gasteiger partial charge in [-0.05, 0) is 48.4 Å². The van der Waals surface area contributed by atoms with E-state index in [9.17, 15) is 4.79 Å². The van der Waals surface area contributed by atoms with Crippen LogP contribution in [0.4, 0.5) is 0 Å². The van der Waals surface area contributed by atoms with Crippen molar-refractivity contribution in [2.75, 3.05) is 27.2 Å². The van der Waals surface area contributed by atoms with Crippen LogP contribution in [0.2, 0.25) is 5.02 Å². The SMILES string of the molecule is COc1cccc(-c2cc(C(=O)N(C)[C@@H]3CCN(Cc4ccc(Cl)cc4)C3)c3ccccc3n2)c1. The van der Waals surface area contributed by atoms with Crippen molar-refractivity contribution < 1.29 is 9.53 Å². The van der Waals surface area contributed by atoms with E-state index < -0.39 is 0 Å². The van der Waals surface area contributed by atoms with Gasteiger partial charge in [0.05, 0.1) is 23.9 Å². The Balaban J connectivity index is 1.40. The zero-order valence-electron chi connectivity index (χ0n) is 19.9. The van der Waals surface area contributed by atoms with Crippen molar-refractivity contribution in [1.29, 1.82) is 0 Å². The lowest BCUT2D eigenvalue weighted by molar-refractivity contribution is 0.0737. The maximum absolute atomic E-state index is 13.8. The van der Waals surface area contributed by atoms with Crippen LogP contribution in [-0.4, -0.2) is 54.0 Å². The maximum atomic E-state index is 13.8. The monoisotopic (exact) mass is 485 g/mol. The third-order valence-electron chi connectivity index (χ3n) is 6.75. The first kappa shape index (κ1) is 23.3. The number of fused-ring (bicyclic) bond motifs is 1. The highest BCUT2D eigenvalue weighted by Gasteiger charge is 2.30. The molecule has 178 valence electrons. The topological polar surface area (TPSA) is 45.7 Å². The van der Waals surface area contributed by atoms with Gasteiger partial charge in [0.2, 0.25) is 0 Å². The fourth-order valence-electron chi connectivity index (χ4n) is 4.76. The Hall–Kier alpha value is -3.41. The Labute approximate surface area is 210 Å². The Morgan fingerprint density at radius 1 is 1.09 bits per heavy atom. The second-order valence-corrected chi connectivity index (χ2v) is 9.46. The fourth-order valence-corrected chi connectivity index (χ4v) is 4.88. The van der Waals surface area contributed by atoms with E-state index in [0.717, 1.165) is 59.0 Å². The molecule has 1 fully saturated rings. The lowest BCUT2D eigenvalue weighted by Crippen LogP contribution is -2.39. The van der Waals surface area contributed by atoms with E-state index >= 15 is 0 Å². The number of likely N-dealkylation sites (tertiary alicyclic amines) is 1. The highest BCUT2D eigenvalue weighted by Crippen LogP contribution is 2.29. The van der Waals surface area contributed by atoms with Gasteiger partial charge in [0.15, 0.2) is 0 Å². The number of halogens is 1. The molecule has 35 heavy (non-hydrogen) atoms. The standard InChI is InChI=1S/C29H28ClN3O2/c1-32(23-14-15-33(19-23)18-20-10-12-22(30)13-11-20)29(34)26-17-28(21-6-5-7-24(16-21)35-2)31-27-9-4-3-8-25(26)27/h3-13,16-17,23H,14-15,18-19H2,1-2H3/t23-/m1/s1. The van der Waals surface area contributed by atoms with Gasteiger partial charge in [0.25, 0.3) is 5.91 Å². The summed E-state index contributed by atoms with van der Waals surface area (Å²) in [6, 6.07) is 25.7. The second kappa shape index (κ2) is 10.1. The van der Waals surface area contributed by atoms with Crippen LogP contribution in [0.3, 0.4) is 0 Å². The van der Waals surface area contributed by atoms with Crippen molar-refractivity contribution in [3.8, 4) is 17.0 Å². The number of hydrogen-bond acceptors (Lipinski definition) is 4. The first-order valence-electron chi connectivity index (χ1n) is 11.8. The van der Waals surface area contributed by atoms with E-state index in [1.54, 1.807) is 7.11 Å². The molecule has 5 nitrogen and oxygen atoms in total. The van der Waals surface area contributed by atoms with Crippen LogP contribution in [0, 0.1) is 0 Å². The van der Waals surface area contributed by atoms with Crippen molar-refractivity contribution in [3.05, 3.63) is 95.0 Å². The third kappa shape index (κ3) is 5.02. The summed E-state index contributed by atoms with van der Waals surface area (Å²) in [7, 11) is 3.56. The average molecular weight is 486 g/mol. The molecule has 0 unspecified atom stereocenters. The molecule has 0 saturated carbocycles. The van der Waals surface area contributed by atoms with Gasteiger partial charge in [-0.3, -0.25) is 9.69 Å². The molecule has 1 aliphatic heterocycles. The molecule has 4 aromatic rings. The summed E-state index contributed by atoms with van der Waals surface area (Å²) in [5, 5.41) is 1.61. The Morgan fingerprint density at radius 2 is 1.89 bits per heavy atom. The first-order chi connectivity index (χ1) is 17.0. The number of pyridine rings is 1. The van der Waals surface area contributed by atoms with Gasteiger partial charge in [0, 0.05) is 48.7 Å². The Morgan fingerprint density at radius 3 is 2.69 bits per heavy atom. The molecular formula is C29H28ClN3O2. The zero-order valence-corrected chi connectivity index (χ0v) is 20.7. The predicted molar refractivity (Wildman–Crippen MR) is 141 cm³/mol. The number of benzene rings is 3. The molecule has 1 aliphatic rings. The average Bonchev–Trinajstić information content (AvgIpc) is 3.37. The summed E-state index contributed by atoms with van der Waals surface area (Å²) in [4.78, 5) is 22.9. The summed E-state index contributed by atoms with van der Waals surface area (Å²) in [5.41, 5.74) is 4.39. The number of methoxy groups -OCH3 is 1. The first-order valence-corrected chi connectivity index (χ1v) is 12.2. The van der Waals surface area contributed by atoms with Crippen LogP contribution < -0.4 is 4.74 Å². The fraction of sp³-hybridized carbons (Fsp3) is 0.241. The van der Waals surface area contributed by atoms with Crippen LogP contribution in [-0.2, 0) is 6.54 Å². The second-order valence-electron chi connectivity index (χ2n) is 9.02. The number of ether oxygens (including phenoxy) is 1. The van der Waals surface area contributed by atoms with Crippen molar-refractivity contribution in [2.24, 2.45) is 0 Å². The minimum absolute atomic E-state index is 0.0195. The van der Waals surface area contributed by atoms with Crippen LogP contribution in [0.15, 0.2) is 78.9 Å². The lowest BCUT2D eigenvalue weighted by Gasteiger charge is -2.26. The molecular weight excluding hydrogens is 458 g/mol. The molecule has 0 spiro atoms. The van der Waals surface area contributed by atoms with Crippen molar-refractivity contribution >= 4 is 28.4 Å². The van der Waals surface area contributed by atoms with E-state index in [1.807, 2.05) is 78.7 Å². The normalized spacial score (nSPS) is 15.9. The molecule has 2 heterocycles. The van der Waals surface area contributed by atoms with Gasteiger partial charge in [0.1, 0.15) is 5.75 Å². The van der Waals surface area contributed by atoms with Gasteiger partial charge in [-0.2, -0.15) is 0 Å². The smallest absolute Gasteiger partial charge is 0.254 e. The van der Waals surface area contributed by atoms with Gasteiger partial charge in [-0.1, -0.05) is 54.1 Å². The summed E-state index contributed by atoms with van der Waals surface area (Å²) in [6.45, 7) is 2.65. The summed E-state index contributed by atoms with van der Waals surface area (Å²) in [5.74, 6) is 0.778. The lowest BCUT2D eigenvalue weighted by atomic mass is 10.0. The molecule has 1 aromatic heterocycles. The van der Waals surface area contributed by atoms with Crippen LogP contribution in [0.25, 0.3) is 22.2 Å². The van der Waals surface area contributed by atoms with Crippen molar-refractivity contribution in [2.45, 2.75) is 19.0 Å². The van der Waals surface area contributed by atoms with Crippen LogP contribution >= 0.6 is 11.6 Å². The molecule has 0 N–H and O–H groups in total. The minimum Gasteiger partial charge on any atom is -0.497 e. The Kier molecular flexibility index (Phi) is 6.71. The van der Waals surface area contributed by atoms with E-state index in [-0.39, 0.29) is 11.9 Å². The number of amides is 1. The number of carbonyl (C=O) groups excluding carboxylic acids is 1. The molecule has 0 bridgehead atoms. The molecule has 3 aromatic carbocycles. The molecule has 6 heteroatoms. The summed E-state index contributed by atoms with van der Waals surface area (Å²) in [6.07, 6.45) is 0.946. The van der Waals surface area contributed by atoms with E-state index in [1.165, 1.54) is 5.56 Å². The molecule has 0 radical (unpaired) electrons. The molecule has 5 rings (SSSR count). The number of hydrogen-bond donors (Lipinski definition) is 0. The number of carbonyl (C=O) groups is 1. The van der Waals surface area contributed by atoms with Crippen LogP contribution in [0.5, 0.6) is 5.75 Å². The predicted octanol–water partition coefficient (Wildman–Crippen LogP) is 5.91. The van der Waals surface area contributed by atoms with Gasteiger partial charge >= 0.3 is 0 Å². The van der Waals surface area contributed by atoms with Gasteiger partial charge < -0.3 is 9.64 Å². The number of para-hydroxylation sites is 1. The maximum Gasteiger partial charge on any atom is 0.254 e. The van der Waals surface area contributed by atoms with E-state index in [2.05, 4.69) is 17.0 Å². The molecule has 1 amide bonds. The number of nitrogens with zero attached hydrogens (tertiary/aromatic N) is 3. The third-order valence-corrected chi connectivity index (χ3v) is 7.00. The molecule has 0 aliphatic carbocycles. The van der Waals surface area contributed by atoms with Gasteiger partial charge in [-0.25, -0.2) is 4.98 Å². The molecule has 1 atom stereocenters. The number of likely N-dealkylation sites (N-methyl/N-ethyl adjacent to an activating group) is 1. The Bertz CT molecular complexity index is 1360. The zero-order chi connectivity index (χ0) is 24.4. The minimum atomic E-state index is 0.0195. The summed E-state index contributed by atoms with van der Waals surface area (Å²) >= 11 is 6.02. The summed E-state index contributed by atoms with van der Waals surface area (Å²) < 4.78 is 5.39. The highest BCUT2D eigenvalue weighted by molar-refractivity contribution is 6.30. The van der Waals surface area contributed by atoms with Crippen molar-refractivity contribution in [1.82, 2.24) is 14.8 Å². The van der Waals surface area contributed by atoms with Crippen molar-refractivity contribution in [3.63, 3.8) is 0 Å². The van der Waals surface area contributed by atoms with Crippen LogP contribution in [0.1, 0.15) is 22.3 Å². The highest BCUT2D eigenvalue weighted by atomic mass is 35.5. The van der Waals surface area contributed by atoms with Gasteiger partial charge in [-0.15, -0.1) is 0 Å². The van der Waals surface area contributed by atoms with E-state index in [4.69, 9.17) is 21.3 Å². The number of rotatable bonds is 6. The number of aromatic nitrogens is 1. The quantitative estimate of drug-likeness (QED) is 0.340. The molecule has 1 saturated heterocycles. The van der Waals surface area contributed by atoms with E-state index in [0.29, 0.717) is 5.56 Å².